The number of nitrogens with one attached hydrogen (secondary N) is 2. The zero-order valence-electron chi connectivity index (χ0n) is 18.1. The van der Waals surface area contributed by atoms with E-state index in [4.69, 9.17) is 5.21 Å². The molecule has 1 saturated heterocycles. The number of carbonyl (C=O) groups is 2. The Balaban J connectivity index is 1.58. The van der Waals surface area contributed by atoms with Gasteiger partial charge in [-0.1, -0.05) is 30.3 Å². The van der Waals surface area contributed by atoms with Gasteiger partial charge in [-0.25, -0.2) is 5.48 Å². The third-order valence-electron chi connectivity index (χ3n) is 6.68. The third kappa shape index (κ3) is 4.65. The monoisotopic (exact) mass is 421 g/mol. The van der Waals surface area contributed by atoms with E-state index >= 15 is 0 Å². The number of aryl methyl sites for hydroxylation is 1. The number of benzene rings is 2. The highest BCUT2D eigenvalue weighted by Crippen LogP contribution is 2.32. The Bertz CT molecular complexity index is 953. The van der Waals surface area contributed by atoms with Crippen LogP contribution in [0.3, 0.4) is 0 Å². The molecule has 1 fully saturated rings. The molecule has 1 unspecified atom stereocenters. The third-order valence-corrected chi connectivity index (χ3v) is 6.68. The topological polar surface area (TPSA) is 81.7 Å². The number of rotatable bonds is 5. The Kier molecular flexibility index (Phi) is 6.68. The number of nitrogens with zero attached hydrogens (tertiary/aromatic N) is 1. The number of piperidine rings is 1. The van der Waals surface area contributed by atoms with Crippen LogP contribution in [0, 0.1) is 11.8 Å². The van der Waals surface area contributed by atoms with Gasteiger partial charge in [0.1, 0.15) is 0 Å². The summed E-state index contributed by atoms with van der Waals surface area (Å²) in [7, 11) is 0. The molecule has 0 radical (unpaired) electrons. The van der Waals surface area contributed by atoms with Crippen molar-refractivity contribution >= 4 is 17.5 Å². The van der Waals surface area contributed by atoms with Crippen molar-refractivity contribution in [1.29, 1.82) is 0 Å². The van der Waals surface area contributed by atoms with E-state index < -0.39 is 0 Å². The van der Waals surface area contributed by atoms with E-state index in [2.05, 4.69) is 35.6 Å². The van der Waals surface area contributed by atoms with Crippen LogP contribution in [0.2, 0.25) is 0 Å². The van der Waals surface area contributed by atoms with Gasteiger partial charge in [-0.15, -0.1) is 0 Å². The van der Waals surface area contributed by atoms with E-state index in [0.717, 1.165) is 61.2 Å². The molecule has 164 valence electrons. The zero-order chi connectivity index (χ0) is 21.8. The van der Waals surface area contributed by atoms with E-state index in [0.29, 0.717) is 13.0 Å². The second kappa shape index (κ2) is 9.62. The first kappa shape index (κ1) is 21.5. The van der Waals surface area contributed by atoms with Gasteiger partial charge in [-0.05, 0) is 86.5 Å². The Morgan fingerprint density at radius 3 is 2.55 bits per heavy atom. The largest absolute Gasteiger partial charge is 0.317 e. The van der Waals surface area contributed by atoms with Crippen LogP contribution in [0.25, 0.3) is 11.1 Å². The number of amides is 2. The Hall–Kier alpha value is -2.70. The molecule has 2 amide bonds. The molecule has 31 heavy (non-hydrogen) atoms. The maximum atomic E-state index is 13.1. The van der Waals surface area contributed by atoms with Gasteiger partial charge in [0.05, 0.1) is 0 Å². The number of fused-ring (bicyclic) bond motifs is 1. The first-order chi connectivity index (χ1) is 15.1. The molecular formula is C25H31N3O3. The molecular weight excluding hydrogens is 390 g/mol. The summed E-state index contributed by atoms with van der Waals surface area (Å²) < 4.78 is 0. The molecule has 0 aromatic heterocycles. The Morgan fingerprint density at radius 2 is 1.81 bits per heavy atom. The van der Waals surface area contributed by atoms with E-state index in [1.807, 2.05) is 24.0 Å². The van der Waals surface area contributed by atoms with Gasteiger partial charge in [-0.3, -0.25) is 14.8 Å². The van der Waals surface area contributed by atoms with Crippen molar-refractivity contribution in [1.82, 2.24) is 10.8 Å². The fourth-order valence-electron chi connectivity index (χ4n) is 4.86. The van der Waals surface area contributed by atoms with Crippen molar-refractivity contribution in [2.75, 3.05) is 24.5 Å². The number of hydrogen-bond donors (Lipinski definition) is 3. The van der Waals surface area contributed by atoms with Crippen molar-refractivity contribution in [3.05, 3.63) is 53.6 Å². The lowest BCUT2D eigenvalue weighted by atomic mass is 9.82. The smallest absolute Gasteiger partial charge is 0.246 e. The van der Waals surface area contributed by atoms with E-state index in [-0.39, 0.29) is 23.7 Å². The van der Waals surface area contributed by atoms with Gasteiger partial charge in [0.2, 0.25) is 11.8 Å². The Morgan fingerprint density at radius 1 is 1.03 bits per heavy atom. The van der Waals surface area contributed by atoms with Gasteiger partial charge in [0.25, 0.3) is 0 Å². The number of carbonyl (C=O) groups excluding carboxylic acids is 2. The predicted molar refractivity (Wildman–Crippen MR) is 121 cm³/mol. The first-order valence-electron chi connectivity index (χ1n) is 11.3. The van der Waals surface area contributed by atoms with Crippen molar-refractivity contribution in [2.45, 2.75) is 39.0 Å². The van der Waals surface area contributed by atoms with Crippen LogP contribution in [0.5, 0.6) is 0 Å². The molecule has 0 saturated carbocycles. The van der Waals surface area contributed by atoms with Crippen LogP contribution in [-0.2, 0) is 22.4 Å². The normalized spacial score (nSPS) is 18.8. The average molecular weight is 422 g/mol. The molecule has 1 heterocycles. The van der Waals surface area contributed by atoms with Gasteiger partial charge in [-0.2, -0.15) is 0 Å². The SMILES string of the molecule is CCN(C(=O)C1CCNCC1)c1cccc(-c2ccc3c(c2)CC(C(=O)NO)CC3)c1. The second-order valence-electron chi connectivity index (χ2n) is 8.56. The fourth-order valence-corrected chi connectivity index (χ4v) is 4.86. The quantitative estimate of drug-likeness (QED) is 0.511. The van der Waals surface area contributed by atoms with Crippen molar-refractivity contribution in [3.63, 3.8) is 0 Å². The van der Waals surface area contributed by atoms with Crippen molar-refractivity contribution < 1.29 is 14.8 Å². The number of hydroxylamine groups is 1. The summed E-state index contributed by atoms with van der Waals surface area (Å²) in [6.07, 6.45) is 4.00. The van der Waals surface area contributed by atoms with Gasteiger partial charge < -0.3 is 10.2 Å². The fraction of sp³-hybridized carbons (Fsp3) is 0.440. The van der Waals surface area contributed by atoms with Crippen LogP contribution < -0.4 is 15.7 Å². The van der Waals surface area contributed by atoms with Crippen LogP contribution in [-0.4, -0.2) is 36.7 Å². The molecule has 0 spiro atoms. The molecule has 1 atom stereocenters. The minimum Gasteiger partial charge on any atom is -0.317 e. The van der Waals surface area contributed by atoms with E-state index in [1.54, 1.807) is 5.48 Å². The minimum atomic E-state index is -0.312. The molecule has 2 aliphatic rings. The first-order valence-corrected chi connectivity index (χ1v) is 11.3. The minimum absolute atomic E-state index is 0.0863. The lowest BCUT2D eigenvalue weighted by molar-refractivity contribution is -0.133. The summed E-state index contributed by atoms with van der Waals surface area (Å²) in [5.41, 5.74) is 7.28. The molecule has 2 aromatic carbocycles. The van der Waals surface area contributed by atoms with Crippen LogP contribution in [0.4, 0.5) is 5.69 Å². The molecule has 6 nitrogen and oxygen atoms in total. The molecule has 4 rings (SSSR count). The number of hydrogen-bond acceptors (Lipinski definition) is 4. The number of anilines is 1. The molecule has 3 N–H and O–H groups in total. The van der Waals surface area contributed by atoms with Crippen molar-refractivity contribution in [3.8, 4) is 11.1 Å². The Labute approximate surface area is 183 Å². The lowest BCUT2D eigenvalue weighted by Gasteiger charge is -2.29. The summed E-state index contributed by atoms with van der Waals surface area (Å²) in [6.45, 7) is 4.47. The van der Waals surface area contributed by atoms with Gasteiger partial charge in [0.15, 0.2) is 0 Å². The highest BCUT2D eigenvalue weighted by Gasteiger charge is 2.27. The average Bonchev–Trinajstić information content (AvgIpc) is 2.84. The standard InChI is InChI=1S/C25H31N3O3/c1-2-28(25(30)18-10-12-26-13-11-18)23-5-3-4-19(16-23)20-8-6-17-7-9-21(24(29)27-31)15-22(17)14-20/h3-6,8,14,16,18,21,26,31H,2,7,9-13,15H2,1H3,(H,27,29). The molecule has 1 aliphatic heterocycles. The van der Waals surface area contributed by atoms with Crippen LogP contribution in [0.15, 0.2) is 42.5 Å². The second-order valence-corrected chi connectivity index (χ2v) is 8.56. The molecule has 0 bridgehead atoms. The van der Waals surface area contributed by atoms with Gasteiger partial charge in [0, 0.05) is 24.1 Å². The van der Waals surface area contributed by atoms with Crippen molar-refractivity contribution in [2.24, 2.45) is 11.8 Å². The zero-order valence-corrected chi connectivity index (χ0v) is 18.1. The van der Waals surface area contributed by atoms with E-state index in [1.165, 1.54) is 5.56 Å². The lowest BCUT2D eigenvalue weighted by Crippen LogP contribution is -2.41. The van der Waals surface area contributed by atoms with Gasteiger partial charge >= 0.3 is 0 Å². The summed E-state index contributed by atoms with van der Waals surface area (Å²) in [5.74, 6) is -0.210. The molecule has 1 aliphatic carbocycles. The highest BCUT2D eigenvalue weighted by molar-refractivity contribution is 5.95. The highest BCUT2D eigenvalue weighted by atomic mass is 16.5. The maximum absolute atomic E-state index is 13.1. The summed E-state index contributed by atoms with van der Waals surface area (Å²) in [4.78, 5) is 26.9. The molecule has 2 aromatic rings. The summed E-state index contributed by atoms with van der Waals surface area (Å²) in [6, 6.07) is 14.6. The summed E-state index contributed by atoms with van der Waals surface area (Å²) >= 11 is 0. The van der Waals surface area contributed by atoms with Crippen LogP contribution in [0.1, 0.15) is 37.3 Å². The summed E-state index contributed by atoms with van der Waals surface area (Å²) in [5, 5.41) is 12.3. The van der Waals surface area contributed by atoms with E-state index in [9.17, 15) is 9.59 Å². The van der Waals surface area contributed by atoms with Crippen LogP contribution >= 0.6 is 0 Å². The molecule has 6 heteroatoms. The maximum Gasteiger partial charge on any atom is 0.246 e. The predicted octanol–water partition coefficient (Wildman–Crippen LogP) is 3.32.